The first-order valence-electron chi connectivity index (χ1n) is 6.34. The molecule has 2 heteroatoms. The molecule has 2 unspecified atom stereocenters. The maximum atomic E-state index is 4.22. The van der Waals surface area contributed by atoms with Crippen LogP contribution in [0.15, 0.2) is 24.5 Å². The lowest BCUT2D eigenvalue weighted by atomic mass is 9.96. The van der Waals surface area contributed by atoms with Crippen LogP contribution in [0.1, 0.15) is 45.2 Å². The molecule has 1 aliphatic carbocycles. The molecule has 0 spiro atoms. The van der Waals surface area contributed by atoms with Crippen molar-refractivity contribution in [3.05, 3.63) is 30.1 Å². The van der Waals surface area contributed by atoms with Crippen LogP contribution in [0.3, 0.4) is 0 Å². The van der Waals surface area contributed by atoms with Crippen molar-refractivity contribution in [2.24, 2.45) is 11.8 Å². The third-order valence-electron chi connectivity index (χ3n) is 3.48. The molecule has 0 radical (unpaired) electrons. The van der Waals surface area contributed by atoms with Gasteiger partial charge >= 0.3 is 0 Å². The smallest absolute Gasteiger partial charge is 0.0361 e. The van der Waals surface area contributed by atoms with Gasteiger partial charge < -0.3 is 5.32 Å². The molecule has 88 valence electrons. The van der Waals surface area contributed by atoms with E-state index in [2.05, 4.69) is 37.1 Å². The van der Waals surface area contributed by atoms with Gasteiger partial charge in [-0.1, -0.05) is 19.9 Å². The van der Waals surface area contributed by atoms with E-state index in [1.807, 2.05) is 18.5 Å². The van der Waals surface area contributed by atoms with E-state index in [0.717, 1.165) is 5.92 Å². The van der Waals surface area contributed by atoms with Crippen molar-refractivity contribution in [1.29, 1.82) is 0 Å². The van der Waals surface area contributed by atoms with Gasteiger partial charge in [0.15, 0.2) is 0 Å². The number of rotatable bonds is 5. The molecule has 0 aliphatic heterocycles. The van der Waals surface area contributed by atoms with Gasteiger partial charge in [0.25, 0.3) is 0 Å². The summed E-state index contributed by atoms with van der Waals surface area (Å²) >= 11 is 0. The fourth-order valence-corrected chi connectivity index (χ4v) is 2.25. The quantitative estimate of drug-likeness (QED) is 0.821. The van der Waals surface area contributed by atoms with Crippen LogP contribution in [0.5, 0.6) is 0 Å². The fourth-order valence-electron chi connectivity index (χ4n) is 2.25. The van der Waals surface area contributed by atoms with Crippen LogP contribution in [0.2, 0.25) is 0 Å². The monoisotopic (exact) mass is 218 g/mol. The van der Waals surface area contributed by atoms with E-state index in [4.69, 9.17) is 0 Å². The Balaban J connectivity index is 2.05. The highest BCUT2D eigenvalue weighted by Gasteiger charge is 2.30. The Hall–Kier alpha value is -0.890. The van der Waals surface area contributed by atoms with Crippen molar-refractivity contribution in [2.45, 2.75) is 45.7 Å². The maximum Gasteiger partial charge on any atom is 0.0361 e. The Morgan fingerprint density at radius 2 is 2.06 bits per heavy atom. The molecule has 0 amide bonds. The molecule has 1 N–H and O–H groups in total. The predicted octanol–water partition coefficient (Wildman–Crippen LogP) is 3.17. The molecule has 0 aromatic carbocycles. The van der Waals surface area contributed by atoms with Gasteiger partial charge in [0.1, 0.15) is 0 Å². The van der Waals surface area contributed by atoms with E-state index in [0.29, 0.717) is 18.0 Å². The van der Waals surface area contributed by atoms with Gasteiger partial charge in [0, 0.05) is 24.5 Å². The Morgan fingerprint density at radius 3 is 2.56 bits per heavy atom. The molecule has 1 heterocycles. The molecule has 0 bridgehead atoms. The van der Waals surface area contributed by atoms with E-state index >= 15 is 0 Å². The topological polar surface area (TPSA) is 24.9 Å². The lowest BCUT2D eigenvalue weighted by molar-refractivity contribution is 0.350. The van der Waals surface area contributed by atoms with Gasteiger partial charge in [-0.05, 0) is 43.2 Å². The summed E-state index contributed by atoms with van der Waals surface area (Å²) in [7, 11) is 0. The third-order valence-corrected chi connectivity index (χ3v) is 3.48. The maximum absolute atomic E-state index is 4.22. The minimum atomic E-state index is 0.435. The molecule has 0 saturated heterocycles. The normalized spacial score (nSPS) is 19.8. The number of nitrogens with zero attached hydrogens (tertiary/aromatic N) is 1. The summed E-state index contributed by atoms with van der Waals surface area (Å²) in [5, 5.41) is 3.75. The van der Waals surface area contributed by atoms with Crippen molar-refractivity contribution in [1.82, 2.24) is 10.3 Å². The van der Waals surface area contributed by atoms with Crippen molar-refractivity contribution in [3.8, 4) is 0 Å². The molecule has 1 saturated carbocycles. The molecule has 2 atom stereocenters. The second-order valence-corrected chi connectivity index (χ2v) is 5.30. The van der Waals surface area contributed by atoms with Crippen LogP contribution in [0.25, 0.3) is 0 Å². The zero-order chi connectivity index (χ0) is 11.5. The van der Waals surface area contributed by atoms with E-state index in [9.17, 15) is 0 Å². The van der Waals surface area contributed by atoms with Crippen LogP contribution < -0.4 is 5.32 Å². The first kappa shape index (κ1) is 11.6. The standard InChI is InChI=1S/C14H22N2/c1-10(2)14(13-5-4-8-15-9-13)16-11(3)12-6-7-12/h4-5,8-12,14,16H,6-7H2,1-3H3. The van der Waals surface area contributed by atoms with Crippen LogP contribution in [0, 0.1) is 11.8 Å². The summed E-state index contributed by atoms with van der Waals surface area (Å²) in [5.41, 5.74) is 1.31. The summed E-state index contributed by atoms with van der Waals surface area (Å²) in [6.45, 7) is 6.85. The van der Waals surface area contributed by atoms with Crippen molar-refractivity contribution in [2.75, 3.05) is 0 Å². The molecule has 16 heavy (non-hydrogen) atoms. The first-order valence-corrected chi connectivity index (χ1v) is 6.34. The highest BCUT2D eigenvalue weighted by Crippen LogP contribution is 2.34. The van der Waals surface area contributed by atoms with Crippen molar-refractivity contribution >= 4 is 0 Å². The second-order valence-electron chi connectivity index (χ2n) is 5.30. The largest absolute Gasteiger partial charge is 0.307 e. The molecule has 1 fully saturated rings. The average Bonchev–Trinajstić information content (AvgIpc) is 3.10. The van der Waals surface area contributed by atoms with Gasteiger partial charge in [-0.25, -0.2) is 0 Å². The van der Waals surface area contributed by atoms with E-state index in [-0.39, 0.29) is 0 Å². The lowest BCUT2D eigenvalue weighted by Crippen LogP contribution is -2.34. The second kappa shape index (κ2) is 4.96. The first-order chi connectivity index (χ1) is 7.68. The summed E-state index contributed by atoms with van der Waals surface area (Å²) in [5.74, 6) is 1.50. The van der Waals surface area contributed by atoms with Gasteiger partial charge in [0.05, 0.1) is 0 Å². The molecule has 2 nitrogen and oxygen atoms in total. The molecule has 2 rings (SSSR count). The molecular formula is C14H22N2. The number of hydrogen-bond donors (Lipinski definition) is 1. The summed E-state index contributed by atoms with van der Waals surface area (Å²) in [6.07, 6.45) is 6.61. The van der Waals surface area contributed by atoms with Crippen LogP contribution >= 0.6 is 0 Å². The van der Waals surface area contributed by atoms with Crippen LogP contribution in [-0.2, 0) is 0 Å². The number of pyridine rings is 1. The molecule has 1 aromatic rings. The van der Waals surface area contributed by atoms with E-state index in [1.165, 1.54) is 18.4 Å². The Labute approximate surface area is 98.5 Å². The van der Waals surface area contributed by atoms with Gasteiger partial charge in [-0.15, -0.1) is 0 Å². The summed E-state index contributed by atoms with van der Waals surface area (Å²) in [4.78, 5) is 4.22. The Morgan fingerprint density at radius 1 is 1.31 bits per heavy atom. The zero-order valence-electron chi connectivity index (χ0n) is 10.5. The minimum Gasteiger partial charge on any atom is -0.307 e. The van der Waals surface area contributed by atoms with Gasteiger partial charge in [-0.3, -0.25) is 4.98 Å². The van der Waals surface area contributed by atoms with Crippen molar-refractivity contribution < 1.29 is 0 Å². The van der Waals surface area contributed by atoms with E-state index in [1.54, 1.807) is 0 Å². The molecule has 1 aliphatic rings. The van der Waals surface area contributed by atoms with Gasteiger partial charge in [-0.2, -0.15) is 0 Å². The third kappa shape index (κ3) is 2.82. The highest BCUT2D eigenvalue weighted by molar-refractivity contribution is 5.15. The molecular weight excluding hydrogens is 196 g/mol. The minimum absolute atomic E-state index is 0.435. The summed E-state index contributed by atoms with van der Waals surface area (Å²) < 4.78 is 0. The van der Waals surface area contributed by atoms with Crippen LogP contribution in [0.4, 0.5) is 0 Å². The Bertz CT molecular complexity index is 317. The lowest BCUT2D eigenvalue weighted by Gasteiger charge is -2.26. The predicted molar refractivity (Wildman–Crippen MR) is 67.1 cm³/mol. The SMILES string of the molecule is CC(C)C(NC(C)C1CC1)c1cccnc1. The zero-order valence-corrected chi connectivity index (χ0v) is 10.5. The summed E-state index contributed by atoms with van der Waals surface area (Å²) in [6, 6.07) is 5.26. The highest BCUT2D eigenvalue weighted by atomic mass is 15.0. The van der Waals surface area contributed by atoms with E-state index < -0.39 is 0 Å². The Kier molecular flexibility index (Phi) is 3.59. The average molecular weight is 218 g/mol. The van der Waals surface area contributed by atoms with Crippen molar-refractivity contribution in [3.63, 3.8) is 0 Å². The number of nitrogens with one attached hydrogen (secondary N) is 1. The number of hydrogen-bond acceptors (Lipinski definition) is 2. The van der Waals surface area contributed by atoms with Crippen LogP contribution in [-0.4, -0.2) is 11.0 Å². The fraction of sp³-hybridized carbons (Fsp3) is 0.643. The van der Waals surface area contributed by atoms with Gasteiger partial charge in [0.2, 0.25) is 0 Å². The number of aromatic nitrogens is 1. The molecule has 1 aromatic heterocycles.